The van der Waals surface area contributed by atoms with Crippen LogP contribution in [0, 0.1) is 5.82 Å². The molecule has 0 amide bonds. The standard InChI is InChI=1S/C12H10FNO3S/c1-17-9-3-2-6(13)4-7(9)8-5-18-11(10(8)14)12(15)16/h2-5H,14H2,1H3,(H,15,16). The zero-order valence-corrected chi connectivity index (χ0v) is 10.3. The number of carbonyl (C=O) groups is 1. The van der Waals surface area contributed by atoms with Crippen LogP contribution in [0.25, 0.3) is 11.1 Å². The second kappa shape index (κ2) is 4.66. The number of hydrogen-bond acceptors (Lipinski definition) is 4. The van der Waals surface area contributed by atoms with Gasteiger partial charge in [-0.05, 0) is 18.2 Å². The lowest BCUT2D eigenvalue weighted by atomic mass is 10.1. The molecule has 1 aromatic heterocycles. The minimum atomic E-state index is -1.10. The summed E-state index contributed by atoms with van der Waals surface area (Å²) in [6.45, 7) is 0. The molecule has 2 rings (SSSR count). The minimum absolute atomic E-state index is 0.0383. The van der Waals surface area contributed by atoms with Gasteiger partial charge < -0.3 is 15.6 Å². The zero-order valence-electron chi connectivity index (χ0n) is 9.44. The first-order valence-corrected chi connectivity index (χ1v) is 5.86. The fourth-order valence-corrected chi connectivity index (χ4v) is 2.46. The van der Waals surface area contributed by atoms with Crippen molar-refractivity contribution in [1.82, 2.24) is 0 Å². The maximum Gasteiger partial charge on any atom is 0.348 e. The summed E-state index contributed by atoms with van der Waals surface area (Å²) in [4.78, 5) is 11.0. The molecule has 6 heteroatoms. The molecular formula is C12H10FNO3S. The highest BCUT2D eigenvalue weighted by Crippen LogP contribution is 2.39. The number of hydrogen-bond donors (Lipinski definition) is 2. The lowest BCUT2D eigenvalue weighted by molar-refractivity contribution is 0.0703. The Morgan fingerprint density at radius 2 is 2.17 bits per heavy atom. The number of methoxy groups -OCH3 is 1. The number of ether oxygens (including phenoxy) is 1. The lowest BCUT2D eigenvalue weighted by Gasteiger charge is -2.08. The molecule has 18 heavy (non-hydrogen) atoms. The van der Waals surface area contributed by atoms with E-state index in [1.54, 1.807) is 5.38 Å². The highest BCUT2D eigenvalue weighted by atomic mass is 32.1. The van der Waals surface area contributed by atoms with Crippen LogP contribution in [0.4, 0.5) is 10.1 Å². The normalized spacial score (nSPS) is 10.3. The summed E-state index contributed by atoms with van der Waals surface area (Å²) in [7, 11) is 1.46. The molecule has 0 atom stereocenters. The number of carboxylic acids is 1. The number of carboxylic acid groups (broad SMARTS) is 1. The maximum atomic E-state index is 13.3. The predicted octanol–water partition coefficient (Wildman–Crippen LogP) is 2.84. The Hall–Kier alpha value is -2.08. The van der Waals surface area contributed by atoms with Gasteiger partial charge in [-0.25, -0.2) is 9.18 Å². The van der Waals surface area contributed by atoms with Crippen LogP contribution in [0.15, 0.2) is 23.6 Å². The molecule has 0 aliphatic heterocycles. The number of nitrogens with two attached hydrogens (primary N) is 1. The van der Waals surface area contributed by atoms with Gasteiger partial charge in [-0.1, -0.05) is 0 Å². The summed E-state index contributed by atoms with van der Waals surface area (Å²) in [5.41, 5.74) is 6.79. The van der Waals surface area contributed by atoms with E-state index in [9.17, 15) is 9.18 Å². The molecule has 2 aromatic rings. The molecule has 0 aliphatic carbocycles. The molecule has 0 aliphatic rings. The van der Waals surface area contributed by atoms with Crippen LogP contribution in [0.5, 0.6) is 5.75 Å². The van der Waals surface area contributed by atoms with E-state index in [-0.39, 0.29) is 10.6 Å². The molecule has 0 bridgehead atoms. The summed E-state index contributed by atoms with van der Waals surface area (Å²) < 4.78 is 18.4. The summed E-state index contributed by atoms with van der Waals surface area (Å²) in [5, 5.41) is 10.5. The summed E-state index contributed by atoms with van der Waals surface area (Å²) in [6.07, 6.45) is 0. The first-order valence-electron chi connectivity index (χ1n) is 4.98. The Morgan fingerprint density at radius 3 is 2.72 bits per heavy atom. The fourth-order valence-electron chi connectivity index (χ4n) is 1.63. The zero-order chi connectivity index (χ0) is 13.3. The molecule has 0 spiro atoms. The predicted molar refractivity (Wildman–Crippen MR) is 67.6 cm³/mol. The van der Waals surface area contributed by atoms with Crippen molar-refractivity contribution in [2.24, 2.45) is 0 Å². The summed E-state index contributed by atoms with van der Waals surface area (Å²) in [6, 6.07) is 4.01. The van der Waals surface area contributed by atoms with E-state index in [0.717, 1.165) is 11.3 Å². The monoisotopic (exact) mass is 267 g/mol. The number of aromatic carboxylic acids is 1. The van der Waals surface area contributed by atoms with E-state index in [1.165, 1.54) is 25.3 Å². The van der Waals surface area contributed by atoms with Gasteiger partial charge in [-0.15, -0.1) is 11.3 Å². The molecule has 1 heterocycles. The highest BCUT2D eigenvalue weighted by molar-refractivity contribution is 7.13. The summed E-state index contributed by atoms with van der Waals surface area (Å²) >= 11 is 1.00. The van der Waals surface area contributed by atoms with Gasteiger partial charge >= 0.3 is 5.97 Å². The van der Waals surface area contributed by atoms with Crippen LogP contribution in [0.1, 0.15) is 9.67 Å². The fraction of sp³-hybridized carbons (Fsp3) is 0.0833. The van der Waals surface area contributed by atoms with E-state index in [0.29, 0.717) is 16.9 Å². The van der Waals surface area contributed by atoms with Gasteiger partial charge in [0.05, 0.1) is 12.8 Å². The molecule has 3 N–H and O–H groups in total. The first kappa shape index (κ1) is 12.4. The smallest absolute Gasteiger partial charge is 0.348 e. The number of halogens is 1. The van der Waals surface area contributed by atoms with Gasteiger partial charge in [0.25, 0.3) is 0 Å². The van der Waals surface area contributed by atoms with Crippen molar-refractivity contribution in [2.75, 3.05) is 12.8 Å². The highest BCUT2D eigenvalue weighted by Gasteiger charge is 2.18. The van der Waals surface area contributed by atoms with E-state index >= 15 is 0 Å². The Balaban J connectivity index is 2.61. The van der Waals surface area contributed by atoms with Gasteiger partial charge in [-0.3, -0.25) is 0 Å². The SMILES string of the molecule is COc1ccc(F)cc1-c1csc(C(=O)O)c1N. The van der Waals surface area contributed by atoms with Crippen molar-refractivity contribution in [3.05, 3.63) is 34.3 Å². The number of nitrogen functional groups attached to an aromatic ring is 1. The number of anilines is 1. The lowest BCUT2D eigenvalue weighted by Crippen LogP contribution is -1.99. The third kappa shape index (κ3) is 2.02. The molecule has 0 unspecified atom stereocenters. The number of thiophene rings is 1. The van der Waals surface area contributed by atoms with E-state index in [1.807, 2.05) is 0 Å². The van der Waals surface area contributed by atoms with Crippen molar-refractivity contribution in [3.8, 4) is 16.9 Å². The second-order valence-electron chi connectivity index (χ2n) is 3.54. The van der Waals surface area contributed by atoms with Gasteiger partial charge in [0, 0.05) is 16.5 Å². The second-order valence-corrected chi connectivity index (χ2v) is 4.42. The molecule has 4 nitrogen and oxygen atoms in total. The number of benzene rings is 1. The van der Waals surface area contributed by atoms with Crippen LogP contribution in [0.3, 0.4) is 0 Å². The van der Waals surface area contributed by atoms with Gasteiger partial charge in [0.1, 0.15) is 16.4 Å². The minimum Gasteiger partial charge on any atom is -0.496 e. The Morgan fingerprint density at radius 1 is 1.44 bits per heavy atom. The largest absolute Gasteiger partial charge is 0.496 e. The molecule has 0 saturated carbocycles. The average molecular weight is 267 g/mol. The van der Waals surface area contributed by atoms with Gasteiger partial charge in [0.2, 0.25) is 0 Å². The molecule has 0 fully saturated rings. The molecule has 0 radical (unpaired) electrons. The third-order valence-corrected chi connectivity index (χ3v) is 3.46. The van der Waals surface area contributed by atoms with Crippen LogP contribution in [-0.2, 0) is 0 Å². The van der Waals surface area contributed by atoms with Gasteiger partial charge in [-0.2, -0.15) is 0 Å². The van der Waals surface area contributed by atoms with Crippen molar-refractivity contribution in [2.45, 2.75) is 0 Å². The Kier molecular flexibility index (Phi) is 3.20. The van der Waals surface area contributed by atoms with E-state index in [4.69, 9.17) is 15.6 Å². The van der Waals surface area contributed by atoms with Crippen LogP contribution < -0.4 is 10.5 Å². The topological polar surface area (TPSA) is 72.5 Å². The van der Waals surface area contributed by atoms with Crippen molar-refractivity contribution < 1.29 is 19.0 Å². The maximum absolute atomic E-state index is 13.3. The van der Waals surface area contributed by atoms with E-state index in [2.05, 4.69) is 0 Å². The Bertz CT molecular complexity index is 609. The van der Waals surface area contributed by atoms with Crippen LogP contribution in [-0.4, -0.2) is 18.2 Å². The van der Waals surface area contributed by atoms with Crippen molar-refractivity contribution >= 4 is 23.0 Å². The van der Waals surface area contributed by atoms with Crippen molar-refractivity contribution in [1.29, 1.82) is 0 Å². The Labute approximate surface area is 106 Å². The quantitative estimate of drug-likeness (QED) is 0.896. The van der Waals surface area contributed by atoms with Crippen molar-refractivity contribution in [3.63, 3.8) is 0 Å². The van der Waals surface area contributed by atoms with Crippen LogP contribution >= 0.6 is 11.3 Å². The first-order chi connectivity index (χ1) is 8.54. The number of rotatable bonds is 3. The molecular weight excluding hydrogens is 257 g/mol. The molecule has 0 saturated heterocycles. The summed E-state index contributed by atoms with van der Waals surface area (Å²) in [5.74, 6) is -1.09. The van der Waals surface area contributed by atoms with Crippen LogP contribution in [0.2, 0.25) is 0 Å². The van der Waals surface area contributed by atoms with E-state index < -0.39 is 11.8 Å². The molecule has 94 valence electrons. The van der Waals surface area contributed by atoms with Gasteiger partial charge in [0.15, 0.2) is 0 Å². The third-order valence-electron chi connectivity index (χ3n) is 2.48. The average Bonchev–Trinajstić information content (AvgIpc) is 2.71. The molecule has 1 aromatic carbocycles.